The second kappa shape index (κ2) is 8.57. The lowest BCUT2D eigenvalue weighted by Crippen LogP contribution is -2.40. The summed E-state index contributed by atoms with van der Waals surface area (Å²) in [6.07, 6.45) is 0.633. The fourth-order valence-corrected chi connectivity index (χ4v) is 1.88. The van der Waals surface area contributed by atoms with E-state index in [1.54, 1.807) is 12.1 Å². The van der Waals surface area contributed by atoms with E-state index in [-0.39, 0.29) is 24.7 Å². The molecule has 0 fully saturated rings. The van der Waals surface area contributed by atoms with Gasteiger partial charge in [0, 0.05) is 5.75 Å². The molecule has 0 radical (unpaired) electrons. The molecule has 0 aliphatic rings. The Bertz CT molecular complexity index is 396. The molecule has 3 amide bonds. The maximum atomic E-state index is 11.3. The van der Waals surface area contributed by atoms with Crippen LogP contribution in [0.4, 0.5) is 4.79 Å². The van der Waals surface area contributed by atoms with E-state index in [9.17, 15) is 9.59 Å². The third-order valence-electron chi connectivity index (χ3n) is 2.01. The van der Waals surface area contributed by atoms with Gasteiger partial charge in [0.25, 0.3) is 0 Å². The Morgan fingerprint density at radius 2 is 2.26 bits per heavy atom. The summed E-state index contributed by atoms with van der Waals surface area (Å²) in [7, 11) is 0. The summed E-state index contributed by atoms with van der Waals surface area (Å²) < 4.78 is 5.01. The molecule has 0 saturated carbocycles. The summed E-state index contributed by atoms with van der Waals surface area (Å²) in [5, 5.41) is 22.2. The highest BCUT2D eigenvalue weighted by atomic mass is 32.2. The molecule has 4 N–H and O–H groups in total. The van der Waals surface area contributed by atoms with Gasteiger partial charge in [0.1, 0.15) is 5.76 Å². The molecule has 0 bridgehead atoms. The number of furan rings is 1. The zero-order chi connectivity index (χ0) is 14.1. The Labute approximate surface area is 114 Å². The van der Waals surface area contributed by atoms with Gasteiger partial charge in [-0.25, -0.2) is 4.79 Å². The van der Waals surface area contributed by atoms with E-state index < -0.39 is 18.0 Å². The van der Waals surface area contributed by atoms with Crippen molar-refractivity contribution < 1.29 is 24.2 Å². The fraction of sp³-hybridized carbons (Fsp3) is 0.455. The normalized spacial score (nSPS) is 11.9. The Kier molecular flexibility index (Phi) is 7.01. The minimum absolute atomic E-state index is 0.0330. The topological polar surface area (TPSA) is 112 Å². The molecule has 1 aromatic heterocycles. The SMILES string of the molecule is O=C(CSCC(O)CO)NC(=O)NCc1ccco1. The lowest BCUT2D eigenvalue weighted by atomic mass is 10.4. The molecule has 1 atom stereocenters. The van der Waals surface area contributed by atoms with E-state index in [1.807, 2.05) is 0 Å². The molecular formula is C11H16N2O5S. The first-order chi connectivity index (χ1) is 9.11. The van der Waals surface area contributed by atoms with E-state index in [0.717, 1.165) is 11.8 Å². The molecule has 0 aromatic carbocycles. The highest BCUT2D eigenvalue weighted by molar-refractivity contribution is 7.99. The second-order valence-corrected chi connectivity index (χ2v) is 4.69. The largest absolute Gasteiger partial charge is 0.467 e. The van der Waals surface area contributed by atoms with Crippen LogP contribution >= 0.6 is 11.8 Å². The van der Waals surface area contributed by atoms with E-state index >= 15 is 0 Å². The number of amides is 3. The van der Waals surface area contributed by atoms with Gasteiger partial charge in [0.2, 0.25) is 5.91 Å². The van der Waals surface area contributed by atoms with Crippen molar-refractivity contribution in [1.82, 2.24) is 10.6 Å². The first-order valence-corrected chi connectivity index (χ1v) is 6.74. The van der Waals surface area contributed by atoms with Gasteiger partial charge < -0.3 is 19.9 Å². The van der Waals surface area contributed by atoms with E-state index in [2.05, 4.69) is 10.6 Å². The van der Waals surface area contributed by atoms with Gasteiger partial charge in [0.15, 0.2) is 0 Å². The van der Waals surface area contributed by atoms with Gasteiger partial charge in [-0.2, -0.15) is 0 Å². The van der Waals surface area contributed by atoms with Crippen molar-refractivity contribution in [2.24, 2.45) is 0 Å². The van der Waals surface area contributed by atoms with Crippen molar-refractivity contribution in [2.45, 2.75) is 12.6 Å². The molecule has 8 heteroatoms. The van der Waals surface area contributed by atoms with Crippen LogP contribution in [0.15, 0.2) is 22.8 Å². The van der Waals surface area contributed by atoms with Gasteiger partial charge in [-0.3, -0.25) is 10.1 Å². The standard InChI is InChI=1S/C11H16N2O5S/c14-5-8(15)6-19-7-10(16)13-11(17)12-4-9-2-1-3-18-9/h1-3,8,14-15H,4-7H2,(H2,12,13,16,17). The lowest BCUT2D eigenvalue weighted by molar-refractivity contribution is -0.117. The maximum Gasteiger partial charge on any atom is 0.321 e. The number of aliphatic hydroxyl groups excluding tert-OH is 2. The number of aliphatic hydroxyl groups is 2. The van der Waals surface area contributed by atoms with Crippen LogP contribution in [0, 0.1) is 0 Å². The van der Waals surface area contributed by atoms with Crippen molar-refractivity contribution in [1.29, 1.82) is 0 Å². The quantitative estimate of drug-likeness (QED) is 0.548. The molecule has 1 heterocycles. The number of hydrogen-bond acceptors (Lipinski definition) is 6. The highest BCUT2D eigenvalue weighted by Crippen LogP contribution is 2.02. The number of hydrogen-bond donors (Lipinski definition) is 4. The van der Waals surface area contributed by atoms with Crippen molar-refractivity contribution in [3.05, 3.63) is 24.2 Å². The monoisotopic (exact) mass is 288 g/mol. The number of urea groups is 1. The highest BCUT2D eigenvalue weighted by Gasteiger charge is 2.09. The Morgan fingerprint density at radius 3 is 2.89 bits per heavy atom. The van der Waals surface area contributed by atoms with Crippen LogP contribution in [0.1, 0.15) is 5.76 Å². The third-order valence-corrected chi connectivity index (χ3v) is 3.10. The molecule has 0 spiro atoms. The molecule has 1 rings (SSSR count). The zero-order valence-electron chi connectivity index (χ0n) is 10.2. The average molecular weight is 288 g/mol. The summed E-state index contributed by atoms with van der Waals surface area (Å²) in [5.41, 5.74) is 0. The molecular weight excluding hydrogens is 272 g/mol. The molecule has 1 unspecified atom stereocenters. The van der Waals surface area contributed by atoms with Gasteiger partial charge in [-0.1, -0.05) is 0 Å². The third kappa shape index (κ3) is 6.85. The van der Waals surface area contributed by atoms with Crippen LogP contribution in [0.3, 0.4) is 0 Å². The van der Waals surface area contributed by atoms with Crippen LogP contribution in [-0.2, 0) is 11.3 Å². The van der Waals surface area contributed by atoms with Crippen molar-refractivity contribution >= 4 is 23.7 Å². The molecule has 0 aliphatic heterocycles. The Hall–Kier alpha value is -1.51. The summed E-state index contributed by atoms with van der Waals surface area (Å²) in [6.45, 7) is -0.152. The molecule has 0 aliphatic carbocycles. The van der Waals surface area contributed by atoms with Crippen molar-refractivity contribution in [3.8, 4) is 0 Å². The minimum atomic E-state index is -0.856. The van der Waals surface area contributed by atoms with Crippen LogP contribution in [-0.4, -0.2) is 46.4 Å². The smallest absolute Gasteiger partial charge is 0.321 e. The predicted molar refractivity (Wildman–Crippen MR) is 69.5 cm³/mol. The van der Waals surface area contributed by atoms with Gasteiger partial charge >= 0.3 is 6.03 Å². The van der Waals surface area contributed by atoms with Crippen LogP contribution in [0.2, 0.25) is 0 Å². The van der Waals surface area contributed by atoms with Crippen LogP contribution in [0.5, 0.6) is 0 Å². The molecule has 0 saturated heterocycles. The average Bonchev–Trinajstić information content (AvgIpc) is 2.89. The second-order valence-electron chi connectivity index (χ2n) is 3.66. The number of imide groups is 1. The number of thioether (sulfide) groups is 1. The van der Waals surface area contributed by atoms with Crippen molar-refractivity contribution in [2.75, 3.05) is 18.1 Å². The van der Waals surface area contributed by atoms with Crippen LogP contribution in [0.25, 0.3) is 0 Å². The zero-order valence-corrected chi connectivity index (χ0v) is 11.0. The maximum absolute atomic E-state index is 11.3. The first kappa shape index (κ1) is 15.5. The summed E-state index contributed by atoms with van der Waals surface area (Å²) >= 11 is 1.13. The number of rotatable bonds is 7. The molecule has 106 valence electrons. The molecule has 7 nitrogen and oxygen atoms in total. The van der Waals surface area contributed by atoms with Crippen molar-refractivity contribution in [3.63, 3.8) is 0 Å². The first-order valence-electron chi connectivity index (χ1n) is 5.58. The summed E-state index contributed by atoms with van der Waals surface area (Å²) in [5.74, 6) is 0.388. The number of carbonyl (C=O) groups is 2. The summed E-state index contributed by atoms with van der Waals surface area (Å²) in [4.78, 5) is 22.6. The molecule has 19 heavy (non-hydrogen) atoms. The minimum Gasteiger partial charge on any atom is -0.467 e. The van der Waals surface area contributed by atoms with Crippen LogP contribution < -0.4 is 10.6 Å². The summed E-state index contributed by atoms with van der Waals surface area (Å²) in [6, 6.07) is 2.79. The number of nitrogens with one attached hydrogen (secondary N) is 2. The van der Waals surface area contributed by atoms with E-state index in [1.165, 1.54) is 6.26 Å². The Morgan fingerprint density at radius 1 is 1.47 bits per heavy atom. The van der Waals surface area contributed by atoms with Gasteiger partial charge in [-0.15, -0.1) is 11.8 Å². The van der Waals surface area contributed by atoms with Gasteiger partial charge in [-0.05, 0) is 12.1 Å². The van der Waals surface area contributed by atoms with E-state index in [0.29, 0.717) is 5.76 Å². The molecule has 1 aromatic rings. The van der Waals surface area contributed by atoms with Gasteiger partial charge in [0.05, 0.1) is 31.3 Å². The number of carbonyl (C=O) groups excluding carboxylic acids is 2. The van der Waals surface area contributed by atoms with E-state index in [4.69, 9.17) is 14.6 Å². The predicted octanol–water partition coefficient (Wildman–Crippen LogP) is -0.308. The Balaban J connectivity index is 2.12. The fourth-order valence-electron chi connectivity index (χ4n) is 1.13. The lowest BCUT2D eigenvalue weighted by Gasteiger charge is -2.07.